The summed E-state index contributed by atoms with van der Waals surface area (Å²) < 4.78 is 1.75. The Balaban J connectivity index is 1.25. The van der Waals surface area contributed by atoms with Crippen molar-refractivity contribution in [3.8, 4) is 11.1 Å². The monoisotopic (exact) mass is 630 g/mol. The fourth-order valence-corrected chi connectivity index (χ4v) is 5.76. The summed E-state index contributed by atoms with van der Waals surface area (Å²) >= 11 is 13.7. The third kappa shape index (κ3) is 5.69. The minimum Gasteiger partial charge on any atom is -0.480 e. The molecule has 1 amide bonds. The molecule has 1 atom stereocenters. The van der Waals surface area contributed by atoms with Crippen LogP contribution in [-0.2, 0) is 11.3 Å². The summed E-state index contributed by atoms with van der Waals surface area (Å²) in [6, 6.07) is 14.0. The van der Waals surface area contributed by atoms with Gasteiger partial charge < -0.3 is 15.7 Å². The molecule has 4 N–H and O–H groups in total. The molecule has 2 aromatic carbocycles. The van der Waals surface area contributed by atoms with Gasteiger partial charge in [0.15, 0.2) is 11.5 Å². The molecule has 0 unspecified atom stereocenters. The predicted octanol–water partition coefficient (Wildman–Crippen LogP) is 6.48. The lowest BCUT2D eigenvalue weighted by Gasteiger charge is -2.31. The fourth-order valence-electron chi connectivity index (χ4n) is 5.21. The lowest BCUT2D eigenvalue weighted by atomic mass is 9.98. The van der Waals surface area contributed by atoms with Crippen molar-refractivity contribution >= 4 is 63.3 Å². The second-order valence-corrected chi connectivity index (χ2v) is 11.7. The van der Waals surface area contributed by atoms with Gasteiger partial charge in [0.25, 0.3) is 5.91 Å². The SMILES string of the molecule is CC(C)(N[C@H]1CCCn2nc(C(=O)Nc3cccc(-c4cccc(Nc5nccc6nccnc56)c4Cl)c3Cl)cc21)C(=O)O. The molecule has 224 valence electrons. The van der Waals surface area contributed by atoms with Gasteiger partial charge in [-0.05, 0) is 51.0 Å². The summed E-state index contributed by atoms with van der Waals surface area (Å²) in [5.74, 6) is -0.886. The minimum absolute atomic E-state index is 0.207. The molecule has 6 rings (SSSR count). The predicted molar refractivity (Wildman–Crippen MR) is 170 cm³/mol. The van der Waals surface area contributed by atoms with Gasteiger partial charge in [0.1, 0.15) is 11.1 Å². The highest BCUT2D eigenvalue weighted by molar-refractivity contribution is 6.39. The van der Waals surface area contributed by atoms with Crippen molar-refractivity contribution in [2.45, 2.75) is 44.8 Å². The van der Waals surface area contributed by atoms with E-state index in [-0.39, 0.29) is 11.7 Å². The van der Waals surface area contributed by atoms with Crippen molar-refractivity contribution in [3.63, 3.8) is 0 Å². The number of pyridine rings is 1. The highest BCUT2D eigenvalue weighted by Crippen LogP contribution is 2.41. The van der Waals surface area contributed by atoms with Crippen molar-refractivity contribution in [1.29, 1.82) is 0 Å². The largest absolute Gasteiger partial charge is 0.480 e. The van der Waals surface area contributed by atoms with Gasteiger partial charge in [-0.2, -0.15) is 5.10 Å². The van der Waals surface area contributed by atoms with E-state index in [0.29, 0.717) is 55.9 Å². The van der Waals surface area contributed by atoms with Crippen LogP contribution in [0.15, 0.2) is 67.1 Å². The number of halogens is 2. The van der Waals surface area contributed by atoms with Gasteiger partial charge in [-0.15, -0.1) is 0 Å². The number of aromatic nitrogens is 5. The molecule has 0 spiro atoms. The molecule has 0 bridgehead atoms. The first-order valence-corrected chi connectivity index (χ1v) is 14.7. The van der Waals surface area contributed by atoms with E-state index in [1.54, 1.807) is 61.4 Å². The number of amides is 1. The molecule has 0 radical (unpaired) electrons. The van der Waals surface area contributed by atoms with Crippen LogP contribution in [-0.4, -0.2) is 47.3 Å². The van der Waals surface area contributed by atoms with Gasteiger partial charge in [-0.3, -0.25) is 24.6 Å². The second-order valence-electron chi connectivity index (χ2n) is 10.9. The zero-order valence-electron chi connectivity index (χ0n) is 23.8. The molecule has 44 heavy (non-hydrogen) atoms. The lowest BCUT2D eigenvalue weighted by Crippen LogP contribution is -2.49. The van der Waals surface area contributed by atoms with E-state index < -0.39 is 17.4 Å². The number of fused-ring (bicyclic) bond motifs is 2. The molecule has 4 heterocycles. The van der Waals surface area contributed by atoms with Crippen LogP contribution in [0.5, 0.6) is 0 Å². The van der Waals surface area contributed by atoms with E-state index in [4.69, 9.17) is 23.2 Å². The number of nitrogens with one attached hydrogen (secondary N) is 3. The molecule has 0 fully saturated rings. The highest BCUT2D eigenvalue weighted by atomic mass is 35.5. The second kappa shape index (κ2) is 11.8. The molecular formula is C31H28Cl2N8O3. The number of hydrogen-bond donors (Lipinski definition) is 4. The average Bonchev–Trinajstić information content (AvgIpc) is 3.45. The van der Waals surface area contributed by atoms with Crippen LogP contribution in [0.1, 0.15) is 48.9 Å². The molecule has 13 heteroatoms. The molecule has 11 nitrogen and oxygen atoms in total. The Morgan fingerprint density at radius 1 is 0.955 bits per heavy atom. The Bertz CT molecular complexity index is 1900. The van der Waals surface area contributed by atoms with E-state index >= 15 is 0 Å². The molecule has 1 aliphatic rings. The van der Waals surface area contributed by atoms with Crippen molar-refractivity contribution in [3.05, 3.63) is 88.6 Å². The van der Waals surface area contributed by atoms with E-state index in [0.717, 1.165) is 18.5 Å². The van der Waals surface area contributed by atoms with Crippen LogP contribution in [0.3, 0.4) is 0 Å². The van der Waals surface area contributed by atoms with Crippen molar-refractivity contribution in [1.82, 2.24) is 30.0 Å². The number of nitrogens with zero attached hydrogens (tertiary/aromatic N) is 5. The Morgan fingerprint density at radius 3 is 2.41 bits per heavy atom. The highest BCUT2D eigenvalue weighted by Gasteiger charge is 2.33. The Kier molecular flexibility index (Phi) is 7.93. The third-order valence-corrected chi connectivity index (χ3v) is 8.32. The van der Waals surface area contributed by atoms with Gasteiger partial charge in [0, 0.05) is 36.3 Å². The number of aliphatic carboxylic acids is 1. The zero-order valence-corrected chi connectivity index (χ0v) is 25.3. The van der Waals surface area contributed by atoms with Crippen LogP contribution < -0.4 is 16.0 Å². The Morgan fingerprint density at radius 2 is 1.66 bits per heavy atom. The van der Waals surface area contributed by atoms with Crippen molar-refractivity contribution in [2.75, 3.05) is 10.6 Å². The molecule has 0 saturated carbocycles. The maximum absolute atomic E-state index is 13.3. The van der Waals surface area contributed by atoms with Gasteiger partial charge >= 0.3 is 5.97 Å². The number of carbonyl (C=O) groups excluding carboxylic acids is 1. The maximum Gasteiger partial charge on any atom is 0.323 e. The van der Waals surface area contributed by atoms with Crippen LogP contribution in [0.25, 0.3) is 22.2 Å². The number of benzene rings is 2. The Labute approximate surface area is 262 Å². The number of carbonyl (C=O) groups is 2. The molecular weight excluding hydrogens is 603 g/mol. The molecule has 1 aliphatic heterocycles. The van der Waals surface area contributed by atoms with Crippen LogP contribution in [0, 0.1) is 0 Å². The van der Waals surface area contributed by atoms with Gasteiger partial charge in [-0.1, -0.05) is 47.5 Å². The minimum atomic E-state index is -1.14. The number of anilines is 3. The summed E-state index contributed by atoms with van der Waals surface area (Å²) in [6.45, 7) is 3.86. The van der Waals surface area contributed by atoms with E-state index in [9.17, 15) is 14.7 Å². The lowest BCUT2D eigenvalue weighted by molar-refractivity contribution is -0.143. The van der Waals surface area contributed by atoms with E-state index in [2.05, 4.69) is 36.0 Å². The van der Waals surface area contributed by atoms with Gasteiger partial charge in [0.05, 0.1) is 38.7 Å². The topological polar surface area (TPSA) is 147 Å². The number of carboxylic acid groups (broad SMARTS) is 1. The average molecular weight is 632 g/mol. The van der Waals surface area contributed by atoms with Crippen molar-refractivity contribution in [2.24, 2.45) is 0 Å². The summed E-state index contributed by atoms with van der Waals surface area (Å²) in [5, 5.41) is 24.1. The van der Waals surface area contributed by atoms with Gasteiger partial charge in [-0.25, -0.2) is 9.97 Å². The van der Waals surface area contributed by atoms with E-state index in [1.807, 2.05) is 24.3 Å². The summed E-state index contributed by atoms with van der Waals surface area (Å²) in [7, 11) is 0. The maximum atomic E-state index is 13.3. The molecule has 0 aliphatic carbocycles. The summed E-state index contributed by atoms with van der Waals surface area (Å²) in [6.07, 6.45) is 6.39. The quantitative estimate of drug-likeness (QED) is 0.151. The zero-order chi connectivity index (χ0) is 31.0. The Hall–Kier alpha value is -4.58. The standard InChI is InChI=1S/C31H28Cl2N8O3/c1-31(2,30(43)44)39-19-10-5-15-41-24(19)16-23(40-41)29(42)38-21-9-4-7-18(26(21)33)17-6-3-8-20(25(17)32)37-28-27-22(11-12-36-28)34-13-14-35-27/h3-4,6-9,11-14,16,19,39H,5,10,15H2,1-2H3,(H,36,37)(H,38,42)(H,43,44)/t19-/m0/s1. The third-order valence-electron chi connectivity index (χ3n) is 7.51. The normalized spacial score (nSPS) is 14.7. The number of aryl methyl sites for hydroxylation is 1. The summed E-state index contributed by atoms with van der Waals surface area (Å²) in [5.41, 5.74) is 3.38. The number of hydrogen-bond acceptors (Lipinski definition) is 8. The summed E-state index contributed by atoms with van der Waals surface area (Å²) in [4.78, 5) is 38.1. The molecule has 3 aromatic heterocycles. The van der Waals surface area contributed by atoms with Crippen molar-refractivity contribution < 1.29 is 14.7 Å². The van der Waals surface area contributed by atoms with E-state index in [1.165, 1.54) is 0 Å². The smallest absolute Gasteiger partial charge is 0.323 e. The number of carboxylic acids is 1. The number of rotatable bonds is 8. The van der Waals surface area contributed by atoms with Crippen LogP contribution >= 0.6 is 23.2 Å². The first kappa shape index (κ1) is 29.5. The molecule has 5 aromatic rings. The van der Waals surface area contributed by atoms with Gasteiger partial charge in [0.2, 0.25) is 0 Å². The van der Waals surface area contributed by atoms with Crippen LogP contribution in [0.2, 0.25) is 10.0 Å². The molecule has 0 saturated heterocycles. The first-order valence-electron chi connectivity index (χ1n) is 13.9. The van der Waals surface area contributed by atoms with Crippen LogP contribution in [0.4, 0.5) is 17.2 Å². The fraction of sp³-hybridized carbons (Fsp3) is 0.226. The first-order chi connectivity index (χ1) is 21.1.